The first kappa shape index (κ1) is 11.2. The molecular formula is C15H21NO. The molecule has 1 aliphatic heterocycles. The molecule has 0 bridgehead atoms. The molecule has 1 fully saturated rings. The Hall–Kier alpha value is -0.860. The van der Waals surface area contributed by atoms with Crippen molar-refractivity contribution in [2.45, 2.75) is 50.2 Å². The van der Waals surface area contributed by atoms with Crippen molar-refractivity contribution >= 4 is 0 Å². The van der Waals surface area contributed by atoms with Crippen LogP contribution in [0.1, 0.15) is 43.2 Å². The van der Waals surface area contributed by atoms with Crippen molar-refractivity contribution in [3.05, 3.63) is 35.4 Å². The minimum atomic E-state index is -0.635. The van der Waals surface area contributed by atoms with Crippen LogP contribution in [0.2, 0.25) is 0 Å². The first-order valence-electron chi connectivity index (χ1n) is 6.85. The molecule has 2 aliphatic rings. The monoisotopic (exact) mass is 231 g/mol. The van der Waals surface area contributed by atoms with Gasteiger partial charge in [0, 0.05) is 6.04 Å². The second-order valence-electron chi connectivity index (χ2n) is 5.44. The summed E-state index contributed by atoms with van der Waals surface area (Å²) in [6, 6.07) is 8.71. The van der Waals surface area contributed by atoms with E-state index in [2.05, 4.69) is 29.6 Å². The molecule has 0 spiro atoms. The average molecular weight is 231 g/mol. The van der Waals surface area contributed by atoms with Gasteiger partial charge >= 0.3 is 0 Å². The molecule has 1 aliphatic carbocycles. The Labute approximate surface area is 103 Å². The predicted octanol–water partition coefficient (Wildman–Crippen LogP) is 2.35. The van der Waals surface area contributed by atoms with E-state index in [4.69, 9.17) is 0 Å². The molecule has 3 rings (SSSR count). The van der Waals surface area contributed by atoms with E-state index in [0.29, 0.717) is 0 Å². The largest absolute Gasteiger partial charge is 0.384 e. The fourth-order valence-electron chi connectivity index (χ4n) is 3.46. The van der Waals surface area contributed by atoms with Crippen molar-refractivity contribution in [3.63, 3.8) is 0 Å². The van der Waals surface area contributed by atoms with Crippen molar-refractivity contribution in [1.29, 1.82) is 0 Å². The standard InChI is InChI=1S/C15H21NO/c17-15(14-9-5-11-16-14)10-4-3-7-12-6-1-2-8-13(12)15/h1-2,6,8,14,16-17H,3-5,7,9-11H2. The van der Waals surface area contributed by atoms with E-state index in [1.807, 2.05) is 0 Å². The number of aliphatic hydroxyl groups is 1. The zero-order valence-corrected chi connectivity index (χ0v) is 10.3. The lowest BCUT2D eigenvalue weighted by Crippen LogP contribution is -2.45. The molecule has 0 saturated carbocycles. The molecule has 2 nitrogen and oxygen atoms in total. The highest BCUT2D eigenvalue weighted by molar-refractivity contribution is 5.35. The molecule has 0 radical (unpaired) electrons. The van der Waals surface area contributed by atoms with Gasteiger partial charge in [0.05, 0.1) is 0 Å². The van der Waals surface area contributed by atoms with Gasteiger partial charge in [0.15, 0.2) is 0 Å². The van der Waals surface area contributed by atoms with E-state index in [-0.39, 0.29) is 6.04 Å². The van der Waals surface area contributed by atoms with Crippen molar-refractivity contribution in [2.75, 3.05) is 6.54 Å². The van der Waals surface area contributed by atoms with Gasteiger partial charge in [0.2, 0.25) is 0 Å². The Bertz CT molecular complexity index is 398. The molecule has 2 atom stereocenters. The summed E-state index contributed by atoms with van der Waals surface area (Å²) in [6.07, 6.45) is 6.64. The minimum Gasteiger partial charge on any atom is -0.384 e. The highest BCUT2D eigenvalue weighted by Crippen LogP contribution is 2.39. The van der Waals surface area contributed by atoms with E-state index in [9.17, 15) is 5.11 Å². The molecule has 17 heavy (non-hydrogen) atoms. The number of aryl methyl sites for hydroxylation is 1. The summed E-state index contributed by atoms with van der Waals surface area (Å²) >= 11 is 0. The van der Waals surface area contributed by atoms with Gasteiger partial charge in [0.1, 0.15) is 5.60 Å². The third-order valence-corrected chi connectivity index (χ3v) is 4.37. The van der Waals surface area contributed by atoms with Crippen molar-refractivity contribution in [1.82, 2.24) is 5.32 Å². The number of rotatable bonds is 1. The van der Waals surface area contributed by atoms with Crippen LogP contribution < -0.4 is 5.32 Å². The number of hydrogen-bond acceptors (Lipinski definition) is 2. The number of benzene rings is 1. The van der Waals surface area contributed by atoms with E-state index < -0.39 is 5.60 Å². The average Bonchev–Trinajstić information content (AvgIpc) is 2.84. The first-order chi connectivity index (χ1) is 8.31. The highest BCUT2D eigenvalue weighted by Gasteiger charge is 2.41. The van der Waals surface area contributed by atoms with E-state index in [1.54, 1.807) is 0 Å². The third-order valence-electron chi connectivity index (χ3n) is 4.37. The molecule has 92 valence electrons. The number of nitrogens with one attached hydrogen (secondary N) is 1. The summed E-state index contributed by atoms with van der Waals surface area (Å²) < 4.78 is 0. The van der Waals surface area contributed by atoms with Crippen molar-refractivity contribution in [3.8, 4) is 0 Å². The van der Waals surface area contributed by atoms with Crippen LogP contribution >= 0.6 is 0 Å². The Morgan fingerprint density at radius 3 is 2.88 bits per heavy atom. The van der Waals surface area contributed by atoms with Crippen LogP contribution in [0.4, 0.5) is 0 Å². The lowest BCUT2D eigenvalue weighted by Gasteiger charge is -2.35. The maximum atomic E-state index is 11.1. The molecule has 1 aromatic rings. The van der Waals surface area contributed by atoms with E-state index in [1.165, 1.54) is 24.0 Å². The summed E-state index contributed by atoms with van der Waals surface area (Å²) in [5, 5.41) is 14.6. The SMILES string of the molecule is OC1(C2CCCN2)CCCCc2ccccc21. The maximum Gasteiger partial charge on any atom is 0.105 e. The molecular weight excluding hydrogens is 210 g/mol. The van der Waals surface area contributed by atoms with Crippen LogP contribution in [0.5, 0.6) is 0 Å². The smallest absolute Gasteiger partial charge is 0.105 e. The van der Waals surface area contributed by atoms with Gasteiger partial charge in [0.25, 0.3) is 0 Å². The fraction of sp³-hybridized carbons (Fsp3) is 0.600. The van der Waals surface area contributed by atoms with Gasteiger partial charge in [-0.3, -0.25) is 0 Å². The molecule has 0 aromatic heterocycles. The molecule has 1 aromatic carbocycles. The van der Waals surface area contributed by atoms with E-state index >= 15 is 0 Å². The Morgan fingerprint density at radius 2 is 2.06 bits per heavy atom. The third kappa shape index (κ3) is 1.90. The molecule has 1 heterocycles. The minimum absolute atomic E-state index is 0.252. The Balaban J connectivity index is 2.03. The quantitative estimate of drug-likeness (QED) is 0.727. The van der Waals surface area contributed by atoms with Gasteiger partial charge in [-0.15, -0.1) is 0 Å². The van der Waals surface area contributed by atoms with Crippen molar-refractivity contribution < 1.29 is 5.11 Å². The van der Waals surface area contributed by atoms with Gasteiger partial charge in [-0.1, -0.05) is 24.3 Å². The number of hydrogen-bond donors (Lipinski definition) is 2. The van der Waals surface area contributed by atoms with Gasteiger partial charge in [-0.2, -0.15) is 0 Å². The van der Waals surface area contributed by atoms with Crippen LogP contribution in [0, 0.1) is 0 Å². The zero-order valence-electron chi connectivity index (χ0n) is 10.3. The predicted molar refractivity (Wildman–Crippen MR) is 68.9 cm³/mol. The van der Waals surface area contributed by atoms with Gasteiger partial charge in [-0.25, -0.2) is 0 Å². The summed E-state index contributed by atoms with van der Waals surface area (Å²) in [5.74, 6) is 0. The molecule has 1 saturated heterocycles. The Morgan fingerprint density at radius 1 is 1.18 bits per heavy atom. The summed E-state index contributed by atoms with van der Waals surface area (Å²) in [4.78, 5) is 0. The van der Waals surface area contributed by atoms with Crippen LogP contribution in [-0.4, -0.2) is 17.7 Å². The lowest BCUT2D eigenvalue weighted by atomic mass is 9.81. The Kier molecular flexibility index (Phi) is 2.93. The second kappa shape index (κ2) is 4.43. The van der Waals surface area contributed by atoms with Crippen LogP contribution in [0.3, 0.4) is 0 Å². The van der Waals surface area contributed by atoms with Gasteiger partial charge < -0.3 is 10.4 Å². The fourth-order valence-corrected chi connectivity index (χ4v) is 3.46. The first-order valence-corrected chi connectivity index (χ1v) is 6.85. The zero-order chi connectivity index (χ0) is 11.7. The van der Waals surface area contributed by atoms with Crippen LogP contribution in [-0.2, 0) is 12.0 Å². The summed E-state index contributed by atoms with van der Waals surface area (Å²) in [5.41, 5.74) is 1.89. The van der Waals surface area contributed by atoms with E-state index in [0.717, 1.165) is 32.2 Å². The van der Waals surface area contributed by atoms with Gasteiger partial charge in [-0.05, 0) is 56.2 Å². The summed E-state index contributed by atoms with van der Waals surface area (Å²) in [7, 11) is 0. The summed E-state index contributed by atoms with van der Waals surface area (Å²) in [6.45, 7) is 1.05. The topological polar surface area (TPSA) is 32.3 Å². The van der Waals surface area contributed by atoms with Crippen LogP contribution in [0.15, 0.2) is 24.3 Å². The lowest BCUT2D eigenvalue weighted by molar-refractivity contribution is -0.00608. The number of fused-ring (bicyclic) bond motifs is 1. The molecule has 2 unspecified atom stereocenters. The van der Waals surface area contributed by atoms with Crippen LogP contribution in [0.25, 0.3) is 0 Å². The molecule has 0 amide bonds. The maximum absolute atomic E-state index is 11.1. The molecule has 2 heteroatoms. The highest BCUT2D eigenvalue weighted by atomic mass is 16.3. The normalized spacial score (nSPS) is 33.1. The second-order valence-corrected chi connectivity index (χ2v) is 5.44. The molecule has 2 N–H and O–H groups in total. The van der Waals surface area contributed by atoms with Crippen molar-refractivity contribution in [2.24, 2.45) is 0 Å².